The molecule has 9 nitrogen and oxygen atoms in total. The predicted molar refractivity (Wildman–Crippen MR) is 121 cm³/mol. The first kappa shape index (κ1) is 22.4. The second-order valence-corrected chi connectivity index (χ2v) is 8.74. The van der Waals surface area contributed by atoms with Crippen molar-refractivity contribution in [2.45, 2.75) is 45.4 Å². The van der Waals surface area contributed by atoms with Gasteiger partial charge in [0.25, 0.3) is 0 Å². The van der Waals surface area contributed by atoms with E-state index in [0.29, 0.717) is 23.3 Å². The fourth-order valence-corrected chi connectivity index (χ4v) is 4.41. The minimum absolute atomic E-state index is 0.135. The van der Waals surface area contributed by atoms with E-state index in [1.807, 2.05) is 29.6 Å². The van der Waals surface area contributed by atoms with E-state index in [4.69, 9.17) is 14.0 Å². The molecule has 32 heavy (non-hydrogen) atoms. The number of morpholine rings is 1. The lowest BCUT2D eigenvalue weighted by Gasteiger charge is -2.34. The van der Waals surface area contributed by atoms with Gasteiger partial charge in [0.05, 0.1) is 25.0 Å². The Morgan fingerprint density at radius 3 is 2.69 bits per heavy atom. The molecular weight excluding hydrogens is 430 g/mol. The number of methoxy groups -OCH3 is 1. The normalized spacial score (nSPS) is 19.1. The Kier molecular flexibility index (Phi) is 7.13. The number of rotatable bonds is 8. The van der Waals surface area contributed by atoms with Crippen LogP contribution in [0.25, 0.3) is 11.4 Å². The second-order valence-electron chi connectivity index (χ2n) is 7.88. The third-order valence-electron chi connectivity index (χ3n) is 5.06. The Hall–Kier alpha value is -2.82. The standard InChI is InChI=1S/C22H27N5O4S/c1-14-10-27(11-15(2)30-14)12-17-13-32-22(23-17)24-19(28)8-9-20-25-21(26-31-20)16-4-6-18(29-3)7-5-16/h4-7,13-15H,8-12H2,1-3H3,(H,23,24,28). The zero-order valence-electron chi connectivity index (χ0n) is 18.4. The molecule has 10 heteroatoms. The first-order chi connectivity index (χ1) is 15.5. The van der Waals surface area contributed by atoms with Gasteiger partial charge in [0.15, 0.2) is 5.13 Å². The van der Waals surface area contributed by atoms with Crippen LogP contribution in [0, 0.1) is 0 Å². The highest BCUT2D eigenvalue weighted by molar-refractivity contribution is 7.13. The van der Waals surface area contributed by atoms with Crippen molar-refractivity contribution in [2.24, 2.45) is 0 Å². The lowest BCUT2D eigenvalue weighted by atomic mass is 10.2. The number of carbonyl (C=O) groups is 1. The molecule has 1 aliphatic rings. The lowest BCUT2D eigenvalue weighted by molar-refractivity contribution is -0.116. The summed E-state index contributed by atoms with van der Waals surface area (Å²) in [5.74, 6) is 1.53. The van der Waals surface area contributed by atoms with Gasteiger partial charge in [-0.25, -0.2) is 4.98 Å². The summed E-state index contributed by atoms with van der Waals surface area (Å²) in [5, 5.41) is 9.44. The van der Waals surface area contributed by atoms with Gasteiger partial charge in [-0.15, -0.1) is 11.3 Å². The Morgan fingerprint density at radius 2 is 1.97 bits per heavy atom. The monoisotopic (exact) mass is 457 g/mol. The zero-order chi connectivity index (χ0) is 22.5. The third kappa shape index (κ3) is 5.90. The number of thiazole rings is 1. The van der Waals surface area contributed by atoms with Crippen LogP contribution in [0.2, 0.25) is 0 Å². The SMILES string of the molecule is COc1ccc(-c2noc(CCC(=O)Nc3nc(CN4CC(C)OC(C)C4)cs3)n2)cc1. The van der Waals surface area contributed by atoms with Gasteiger partial charge in [-0.3, -0.25) is 9.69 Å². The van der Waals surface area contributed by atoms with Crippen molar-refractivity contribution >= 4 is 22.4 Å². The molecule has 170 valence electrons. The van der Waals surface area contributed by atoms with Gasteiger partial charge in [0.1, 0.15) is 5.75 Å². The highest BCUT2D eigenvalue weighted by atomic mass is 32.1. The summed E-state index contributed by atoms with van der Waals surface area (Å²) < 4.78 is 16.2. The third-order valence-corrected chi connectivity index (χ3v) is 5.87. The van der Waals surface area contributed by atoms with Crippen molar-refractivity contribution in [1.29, 1.82) is 0 Å². The Balaban J connectivity index is 1.25. The molecule has 2 atom stereocenters. The number of nitrogens with zero attached hydrogens (tertiary/aromatic N) is 4. The Labute approximate surface area is 190 Å². The molecule has 3 heterocycles. The molecule has 0 saturated carbocycles. The van der Waals surface area contributed by atoms with E-state index in [1.165, 1.54) is 11.3 Å². The summed E-state index contributed by atoms with van der Waals surface area (Å²) in [6.07, 6.45) is 1.02. The summed E-state index contributed by atoms with van der Waals surface area (Å²) in [5.41, 5.74) is 1.78. The van der Waals surface area contributed by atoms with Gasteiger partial charge in [0.2, 0.25) is 17.6 Å². The van der Waals surface area contributed by atoms with Gasteiger partial charge in [-0.1, -0.05) is 5.16 Å². The van der Waals surface area contributed by atoms with E-state index < -0.39 is 0 Å². The number of benzene rings is 1. The smallest absolute Gasteiger partial charge is 0.227 e. The van der Waals surface area contributed by atoms with Crippen LogP contribution in [0.4, 0.5) is 5.13 Å². The number of ether oxygens (including phenoxy) is 2. The van der Waals surface area contributed by atoms with E-state index in [0.717, 1.165) is 36.6 Å². The molecule has 0 bridgehead atoms. The Bertz CT molecular complexity index is 1030. The van der Waals surface area contributed by atoms with Crippen molar-refractivity contribution in [2.75, 3.05) is 25.5 Å². The minimum atomic E-state index is -0.135. The van der Waals surface area contributed by atoms with Crippen molar-refractivity contribution in [3.63, 3.8) is 0 Å². The number of aryl methyl sites for hydroxylation is 1. The molecule has 3 aromatic rings. The zero-order valence-corrected chi connectivity index (χ0v) is 19.2. The number of hydrogen-bond donors (Lipinski definition) is 1. The maximum absolute atomic E-state index is 12.3. The van der Waals surface area contributed by atoms with E-state index >= 15 is 0 Å². The average molecular weight is 458 g/mol. The lowest BCUT2D eigenvalue weighted by Crippen LogP contribution is -2.44. The summed E-state index contributed by atoms with van der Waals surface area (Å²) >= 11 is 1.43. The first-order valence-corrected chi connectivity index (χ1v) is 11.5. The molecule has 1 aromatic carbocycles. The summed E-state index contributed by atoms with van der Waals surface area (Å²) in [7, 11) is 1.62. The second kappa shape index (κ2) is 10.2. The van der Waals surface area contributed by atoms with Crippen LogP contribution in [0.3, 0.4) is 0 Å². The summed E-state index contributed by atoms with van der Waals surface area (Å²) in [6.45, 7) is 6.68. The van der Waals surface area contributed by atoms with Gasteiger partial charge >= 0.3 is 0 Å². The van der Waals surface area contributed by atoms with Crippen molar-refractivity contribution < 1.29 is 18.8 Å². The molecular formula is C22H27N5O4S. The maximum Gasteiger partial charge on any atom is 0.227 e. The van der Waals surface area contributed by atoms with Crippen molar-refractivity contribution in [3.05, 3.63) is 41.2 Å². The van der Waals surface area contributed by atoms with Crippen LogP contribution in [-0.4, -0.2) is 58.3 Å². The molecule has 1 saturated heterocycles. The fraction of sp³-hybridized carbons (Fsp3) is 0.455. The molecule has 1 fully saturated rings. The number of anilines is 1. The van der Waals surface area contributed by atoms with Crippen LogP contribution < -0.4 is 10.1 Å². The van der Waals surface area contributed by atoms with Gasteiger partial charge in [-0.05, 0) is 38.1 Å². The molecule has 2 unspecified atom stereocenters. The van der Waals surface area contributed by atoms with E-state index in [1.54, 1.807) is 7.11 Å². The average Bonchev–Trinajstić information content (AvgIpc) is 3.41. The highest BCUT2D eigenvalue weighted by Crippen LogP contribution is 2.21. The molecule has 0 aliphatic carbocycles. The number of amides is 1. The topological polar surface area (TPSA) is 103 Å². The van der Waals surface area contributed by atoms with E-state index in [2.05, 4.69) is 39.2 Å². The number of aromatic nitrogens is 3. The molecule has 1 amide bonds. The first-order valence-electron chi connectivity index (χ1n) is 10.6. The number of hydrogen-bond acceptors (Lipinski definition) is 9. The van der Waals surface area contributed by atoms with Crippen LogP contribution in [0.5, 0.6) is 5.75 Å². The van der Waals surface area contributed by atoms with Gasteiger partial charge < -0.3 is 19.3 Å². The molecule has 0 radical (unpaired) electrons. The number of carbonyl (C=O) groups excluding carboxylic acids is 1. The molecule has 2 aromatic heterocycles. The van der Waals surface area contributed by atoms with Crippen molar-refractivity contribution in [1.82, 2.24) is 20.0 Å². The quantitative estimate of drug-likeness (QED) is 0.549. The maximum atomic E-state index is 12.3. The number of nitrogens with one attached hydrogen (secondary N) is 1. The molecule has 0 spiro atoms. The van der Waals surface area contributed by atoms with Crippen LogP contribution in [0.1, 0.15) is 31.9 Å². The summed E-state index contributed by atoms with van der Waals surface area (Å²) in [4.78, 5) is 23.6. The van der Waals surface area contributed by atoms with Crippen LogP contribution >= 0.6 is 11.3 Å². The van der Waals surface area contributed by atoms with Crippen LogP contribution in [0.15, 0.2) is 34.2 Å². The van der Waals surface area contributed by atoms with Crippen LogP contribution in [-0.2, 0) is 22.5 Å². The largest absolute Gasteiger partial charge is 0.497 e. The van der Waals surface area contributed by atoms with Crippen molar-refractivity contribution in [3.8, 4) is 17.1 Å². The molecule has 4 rings (SSSR count). The molecule has 1 N–H and O–H groups in total. The minimum Gasteiger partial charge on any atom is -0.497 e. The fourth-order valence-electron chi connectivity index (χ4n) is 3.70. The van der Waals surface area contributed by atoms with Gasteiger partial charge in [-0.2, -0.15) is 4.98 Å². The van der Waals surface area contributed by atoms with E-state index in [-0.39, 0.29) is 24.5 Å². The summed E-state index contributed by atoms with van der Waals surface area (Å²) in [6, 6.07) is 7.39. The highest BCUT2D eigenvalue weighted by Gasteiger charge is 2.23. The van der Waals surface area contributed by atoms with E-state index in [9.17, 15) is 4.79 Å². The van der Waals surface area contributed by atoms with Gasteiger partial charge in [0, 0.05) is 43.4 Å². The predicted octanol–water partition coefficient (Wildman–Crippen LogP) is 3.38. The Morgan fingerprint density at radius 1 is 1.22 bits per heavy atom. The molecule has 1 aliphatic heterocycles.